The van der Waals surface area contributed by atoms with Crippen molar-refractivity contribution in [1.29, 1.82) is 0 Å². The van der Waals surface area contributed by atoms with Gasteiger partial charge in [-0.15, -0.1) is 0 Å². The summed E-state index contributed by atoms with van der Waals surface area (Å²) < 4.78 is 39.0. The molecule has 0 aromatic heterocycles. The molecular formula is C19H20O7S. The van der Waals surface area contributed by atoms with Crippen molar-refractivity contribution >= 4 is 21.9 Å². The number of ether oxygens (including phenoxy) is 2. The Hall–Kier alpha value is -2.71. The topological polar surface area (TPSA) is 96.0 Å². The standard InChI is InChI=1S/C19H20O7S/c1-3-24-19(21)13-25-16-8-6-15(7-9-16)18(20)12-26-27(22,23)17-10-4-14(2)5-11-17/h4-11H,3,12-13H2,1-2H3. The van der Waals surface area contributed by atoms with Crippen LogP contribution >= 0.6 is 0 Å². The molecule has 0 heterocycles. The molecule has 7 nitrogen and oxygen atoms in total. The van der Waals surface area contributed by atoms with E-state index in [2.05, 4.69) is 0 Å². The largest absolute Gasteiger partial charge is 0.482 e. The number of rotatable bonds is 9. The first-order valence-electron chi connectivity index (χ1n) is 8.19. The lowest BCUT2D eigenvalue weighted by Crippen LogP contribution is -2.15. The van der Waals surface area contributed by atoms with E-state index in [1.165, 1.54) is 36.4 Å². The third-order valence-electron chi connectivity index (χ3n) is 3.49. The Balaban J connectivity index is 1.92. The molecule has 0 radical (unpaired) electrons. The third kappa shape index (κ3) is 6.19. The van der Waals surface area contributed by atoms with Gasteiger partial charge >= 0.3 is 5.97 Å². The lowest BCUT2D eigenvalue weighted by Gasteiger charge is -2.07. The molecule has 0 atom stereocenters. The normalized spacial score (nSPS) is 11.0. The van der Waals surface area contributed by atoms with Gasteiger partial charge in [-0.1, -0.05) is 17.7 Å². The molecule has 144 valence electrons. The molecule has 0 aliphatic carbocycles. The van der Waals surface area contributed by atoms with Crippen molar-refractivity contribution < 1.29 is 31.7 Å². The molecule has 8 heteroatoms. The van der Waals surface area contributed by atoms with Crippen LogP contribution in [0.1, 0.15) is 22.8 Å². The number of hydrogen-bond acceptors (Lipinski definition) is 7. The van der Waals surface area contributed by atoms with E-state index in [1.807, 2.05) is 6.92 Å². The summed E-state index contributed by atoms with van der Waals surface area (Å²) in [6.07, 6.45) is 0. The molecule has 0 spiro atoms. The number of benzene rings is 2. The first kappa shape index (κ1) is 20.6. The molecule has 0 fully saturated rings. The van der Waals surface area contributed by atoms with E-state index in [4.69, 9.17) is 13.7 Å². The maximum absolute atomic E-state index is 12.1. The average Bonchev–Trinajstić information content (AvgIpc) is 2.65. The van der Waals surface area contributed by atoms with Crippen LogP contribution in [0.4, 0.5) is 0 Å². The minimum atomic E-state index is -4.01. The molecule has 0 amide bonds. The van der Waals surface area contributed by atoms with Gasteiger partial charge in [0, 0.05) is 5.56 Å². The van der Waals surface area contributed by atoms with Crippen molar-refractivity contribution in [3.05, 3.63) is 59.7 Å². The quantitative estimate of drug-likeness (QED) is 0.367. The fourth-order valence-corrected chi connectivity index (χ4v) is 2.94. The molecule has 0 unspecified atom stereocenters. The molecule has 27 heavy (non-hydrogen) atoms. The van der Waals surface area contributed by atoms with Gasteiger partial charge in [0.05, 0.1) is 11.5 Å². The number of carbonyl (C=O) groups excluding carboxylic acids is 2. The van der Waals surface area contributed by atoms with Crippen molar-refractivity contribution in [2.45, 2.75) is 18.7 Å². The summed E-state index contributed by atoms with van der Waals surface area (Å²) >= 11 is 0. The summed E-state index contributed by atoms with van der Waals surface area (Å²) in [4.78, 5) is 23.4. The molecule has 0 aliphatic rings. The van der Waals surface area contributed by atoms with E-state index < -0.39 is 28.5 Å². The molecular weight excluding hydrogens is 372 g/mol. The SMILES string of the molecule is CCOC(=O)COc1ccc(C(=O)COS(=O)(=O)c2ccc(C)cc2)cc1. The van der Waals surface area contributed by atoms with Crippen LogP contribution in [0.15, 0.2) is 53.4 Å². The second-order valence-corrected chi connectivity index (χ2v) is 7.19. The Morgan fingerprint density at radius 2 is 1.56 bits per heavy atom. The highest BCUT2D eigenvalue weighted by molar-refractivity contribution is 7.86. The second kappa shape index (κ2) is 9.29. The number of hydrogen-bond donors (Lipinski definition) is 0. The van der Waals surface area contributed by atoms with E-state index in [0.717, 1.165) is 5.56 Å². The Bertz CT molecular complexity index is 885. The maximum atomic E-state index is 12.1. The van der Waals surface area contributed by atoms with Gasteiger partial charge in [0.15, 0.2) is 12.4 Å². The second-order valence-electron chi connectivity index (χ2n) is 5.57. The summed E-state index contributed by atoms with van der Waals surface area (Å²) in [7, 11) is -4.01. The van der Waals surface area contributed by atoms with Gasteiger partial charge in [-0.2, -0.15) is 8.42 Å². The summed E-state index contributed by atoms with van der Waals surface area (Å²) in [6, 6.07) is 12.1. The number of esters is 1. The van der Waals surface area contributed by atoms with E-state index in [1.54, 1.807) is 19.1 Å². The minimum absolute atomic E-state index is 0.0105. The molecule has 0 bridgehead atoms. The van der Waals surface area contributed by atoms with Crippen LogP contribution in [-0.2, 0) is 23.8 Å². The number of aryl methyl sites for hydroxylation is 1. The van der Waals surface area contributed by atoms with Crippen LogP contribution in [-0.4, -0.2) is 40.0 Å². The number of carbonyl (C=O) groups is 2. The number of Topliss-reactive ketones (excluding diaryl/α,β-unsaturated/α-hetero) is 1. The predicted octanol–water partition coefficient (Wildman–Crippen LogP) is 2.53. The first-order chi connectivity index (χ1) is 12.8. The first-order valence-corrected chi connectivity index (χ1v) is 9.60. The van der Waals surface area contributed by atoms with Gasteiger partial charge in [-0.05, 0) is 50.2 Å². The molecule has 2 aromatic rings. The van der Waals surface area contributed by atoms with Gasteiger partial charge < -0.3 is 9.47 Å². The Labute approximate surface area is 158 Å². The van der Waals surface area contributed by atoms with Crippen LogP contribution < -0.4 is 4.74 Å². The fourth-order valence-electron chi connectivity index (χ4n) is 2.07. The third-order valence-corrected chi connectivity index (χ3v) is 4.77. The van der Waals surface area contributed by atoms with E-state index in [9.17, 15) is 18.0 Å². The van der Waals surface area contributed by atoms with Crippen LogP contribution in [0.5, 0.6) is 5.75 Å². The lowest BCUT2D eigenvalue weighted by atomic mass is 10.1. The van der Waals surface area contributed by atoms with Crippen LogP contribution in [0.2, 0.25) is 0 Å². The lowest BCUT2D eigenvalue weighted by molar-refractivity contribution is -0.145. The highest BCUT2D eigenvalue weighted by atomic mass is 32.2. The van der Waals surface area contributed by atoms with Crippen LogP contribution in [0.25, 0.3) is 0 Å². The average molecular weight is 392 g/mol. The monoisotopic (exact) mass is 392 g/mol. The summed E-state index contributed by atoms with van der Waals surface area (Å²) in [6.45, 7) is 2.94. The van der Waals surface area contributed by atoms with Crippen molar-refractivity contribution in [3.63, 3.8) is 0 Å². The molecule has 0 saturated carbocycles. The van der Waals surface area contributed by atoms with Crippen molar-refractivity contribution in [3.8, 4) is 5.75 Å². The van der Waals surface area contributed by atoms with E-state index in [-0.39, 0.29) is 23.7 Å². The molecule has 0 saturated heterocycles. The van der Waals surface area contributed by atoms with Gasteiger partial charge in [-0.25, -0.2) is 4.79 Å². The molecule has 2 rings (SSSR count). The molecule has 2 aromatic carbocycles. The van der Waals surface area contributed by atoms with Crippen LogP contribution in [0, 0.1) is 6.92 Å². The zero-order valence-corrected chi connectivity index (χ0v) is 15.8. The maximum Gasteiger partial charge on any atom is 0.344 e. The van der Waals surface area contributed by atoms with Gasteiger partial charge in [-0.3, -0.25) is 8.98 Å². The zero-order chi connectivity index (χ0) is 19.9. The van der Waals surface area contributed by atoms with Crippen molar-refractivity contribution in [2.75, 3.05) is 19.8 Å². The predicted molar refractivity (Wildman–Crippen MR) is 97.2 cm³/mol. The van der Waals surface area contributed by atoms with E-state index in [0.29, 0.717) is 5.75 Å². The summed E-state index contributed by atoms with van der Waals surface area (Å²) in [5.41, 5.74) is 1.17. The summed E-state index contributed by atoms with van der Waals surface area (Å²) in [5.74, 6) is -0.609. The Morgan fingerprint density at radius 1 is 0.926 bits per heavy atom. The minimum Gasteiger partial charge on any atom is -0.482 e. The van der Waals surface area contributed by atoms with Gasteiger partial charge in [0.1, 0.15) is 12.4 Å². The fraction of sp³-hybridized carbons (Fsp3) is 0.263. The van der Waals surface area contributed by atoms with Crippen molar-refractivity contribution in [1.82, 2.24) is 0 Å². The number of ketones is 1. The highest BCUT2D eigenvalue weighted by Crippen LogP contribution is 2.16. The zero-order valence-electron chi connectivity index (χ0n) is 15.0. The highest BCUT2D eigenvalue weighted by Gasteiger charge is 2.18. The van der Waals surface area contributed by atoms with E-state index >= 15 is 0 Å². The smallest absolute Gasteiger partial charge is 0.344 e. The molecule has 0 N–H and O–H groups in total. The van der Waals surface area contributed by atoms with Gasteiger partial charge in [0.2, 0.25) is 0 Å². The van der Waals surface area contributed by atoms with Crippen molar-refractivity contribution in [2.24, 2.45) is 0 Å². The van der Waals surface area contributed by atoms with Gasteiger partial charge in [0.25, 0.3) is 10.1 Å². The Morgan fingerprint density at radius 3 is 2.15 bits per heavy atom. The summed E-state index contributed by atoms with van der Waals surface area (Å²) in [5, 5.41) is 0. The van der Waals surface area contributed by atoms with Crippen LogP contribution in [0.3, 0.4) is 0 Å². The Kier molecular flexibility index (Phi) is 7.09. The molecule has 0 aliphatic heterocycles.